The van der Waals surface area contributed by atoms with Crippen molar-refractivity contribution in [3.63, 3.8) is 0 Å². The fourth-order valence-corrected chi connectivity index (χ4v) is 2.01. The highest BCUT2D eigenvalue weighted by atomic mass is 16.5. The zero-order valence-electron chi connectivity index (χ0n) is 12.5. The van der Waals surface area contributed by atoms with Crippen molar-refractivity contribution in [3.05, 3.63) is 35.9 Å². The maximum Gasteiger partial charge on any atom is 0.345 e. The van der Waals surface area contributed by atoms with Gasteiger partial charge in [0.2, 0.25) is 0 Å². The summed E-state index contributed by atoms with van der Waals surface area (Å²) >= 11 is 0. The average Bonchev–Trinajstić information content (AvgIpc) is 2.83. The summed E-state index contributed by atoms with van der Waals surface area (Å²) in [5, 5.41) is 7.54. The fraction of sp³-hybridized carbons (Fsp3) is 0.333. The summed E-state index contributed by atoms with van der Waals surface area (Å²) in [4.78, 5) is 12.0. The van der Waals surface area contributed by atoms with Gasteiger partial charge in [0.25, 0.3) is 0 Å². The van der Waals surface area contributed by atoms with E-state index in [9.17, 15) is 4.79 Å². The van der Waals surface area contributed by atoms with Gasteiger partial charge in [-0.3, -0.25) is 0 Å². The summed E-state index contributed by atoms with van der Waals surface area (Å²) in [6.07, 6.45) is 0.858. The standard InChI is InChI=1S/C15H20N4O2/c1-4-10(2)19-13(16)12(15(20)21-3)14(18-19)17-11-8-6-5-7-9-11/h5-10H,4,16H2,1-3H3,(H,17,18). The Balaban J connectivity index is 2.45. The van der Waals surface area contributed by atoms with Crippen molar-refractivity contribution in [2.45, 2.75) is 26.3 Å². The van der Waals surface area contributed by atoms with Gasteiger partial charge in [-0.05, 0) is 25.5 Å². The van der Waals surface area contributed by atoms with Crippen LogP contribution in [0.2, 0.25) is 0 Å². The molecule has 1 aromatic heterocycles. The highest BCUT2D eigenvalue weighted by molar-refractivity contribution is 6.00. The number of ether oxygens (including phenoxy) is 1. The Morgan fingerprint density at radius 1 is 1.43 bits per heavy atom. The number of nitrogens with one attached hydrogen (secondary N) is 1. The summed E-state index contributed by atoms with van der Waals surface area (Å²) in [5.74, 6) is 0.223. The molecule has 6 heteroatoms. The number of nitrogens with zero attached hydrogens (tertiary/aromatic N) is 2. The number of methoxy groups -OCH3 is 1. The molecule has 0 aliphatic heterocycles. The van der Waals surface area contributed by atoms with E-state index in [0.29, 0.717) is 11.6 Å². The molecule has 1 aromatic carbocycles. The van der Waals surface area contributed by atoms with Crippen LogP contribution in [0.15, 0.2) is 30.3 Å². The molecule has 1 heterocycles. The van der Waals surface area contributed by atoms with E-state index >= 15 is 0 Å². The number of carbonyl (C=O) groups is 1. The van der Waals surface area contributed by atoms with Crippen LogP contribution < -0.4 is 11.1 Å². The number of benzene rings is 1. The number of hydrogen-bond acceptors (Lipinski definition) is 5. The minimum absolute atomic E-state index is 0.0970. The normalized spacial score (nSPS) is 12.0. The topological polar surface area (TPSA) is 82.2 Å². The van der Waals surface area contributed by atoms with Crippen molar-refractivity contribution in [2.24, 2.45) is 0 Å². The van der Waals surface area contributed by atoms with Gasteiger partial charge in [-0.1, -0.05) is 25.1 Å². The van der Waals surface area contributed by atoms with Crippen molar-refractivity contribution in [3.8, 4) is 0 Å². The van der Waals surface area contributed by atoms with Gasteiger partial charge >= 0.3 is 5.97 Å². The smallest absolute Gasteiger partial charge is 0.345 e. The van der Waals surface area contributed by atoms with Crippen LogP contribution in [0.4, 0.5) is 17.3 Å². The summed E-state index contributed by atoms with van der Waals surface area (Å²) < 4.78 is 6.46. The zero-order chi connectivity index (χ0) is 15.4. The average molecular weight is 288 g/mol. The number of carbonyl (C=O) groups excluding carboxylic acids is 1. The predicted octanol–water partition coefficient (Wildman–Crippen LogP) is 2.97. The summed E-state index contributed by atoms with van der Waals surface area (Å²) in [7, 11) is 1.33. The van der Waals surface area contributed by atoms with Crippen LogP contribution in [0, 0.1) is 0 Å². The lowest BCUT2D eigenvalue weighted by atomic mass is 10.2. The minimum Gasteiger partial charge on any atom is -0.465 e. The van der Waals surface area contributed by atoms with Crippen LogP contribution in [-0.4, -0.2) is 22.9 Å². The van der Waals surface area contributed by atoms with Crippen molar-refractivity contribution in [1.82, 2.24) is 9.78 Å². The number of aromatic nitrogens is 2. The molecule has 0 radical (unpaired) electrons. The fourth-order valence-electron chi connectivity index (χ4n) is 2.01. The maximum absolute atomic E-state index is 12.0. The van der Waals surface area contributed by atoms with Crippen LogP contribution in [-0.2, 0) is 4.74 Å². The number of nitrogen functional groups attached to an aromatic ring is 1. The Morgan fingerprint density at radius 2 is 2.10 bits per heavy atom. The molecule has 1 unspecified atom stereocenters. The van der Waals surface area contributed by atoms with E-state index in [1.54, 1.807) is 4.68 Å². The lowest BCUT2D eigenvalue weighted by molar-refractivity contribution is 0.0603. The summed E-state index contributed by atoms with van der Waals surface area (Å²) in [6, 6.07) is 9.58. The van der Waals surface area contributed by atoms with Gasteiger partial charge in [-0.2, -0.15) is 5.10 Å². The van der Waals surface area contributed by atoms with E-state index in [-0.39, 0.29) is 11.6 Å². The van der Waals surface area contributed by atoms with Gasteiger partial charge in [0.1, 0.15) is 11.4 Å². The van der Waals surface area contributed by atoms with Gasteiger partial charge in [0, 0.05) is 5.69 Å². The van der Waals surface area contributed by atoms with E-state index in [1.807, 2.05) is 44.2 Å². The third-order valence-electron chi connectivity index (χ3n) is 3.38. The van der Waals surface area contributed by atoms with Crippen LogP contribution in [0.3, 0.4) is 0 Å². The summed E-state index contributed by atoms with van der Waals surface area (Å²) in [6.45, 7) is 4.03. The monoisotopic (exact) mass is 288 g/mol. The number of para-hydroxylation sites is 1. The molecule has 2 rings (SSSR count). The first-order valence-corrected chi connectivity index (χ1v) is 6.86. The number of rotatable bonds is 5. The Bertz CT molecular complexity index is 622. The molecule has 0 aliphatic carbocycles. The van der Waals surface area contributed by atoms with Gasteiger partial charge in [0.05, 0.1) is 13.2 Å². The van der Waals surface area contributed by atoms with Crippen molar-refractivity contribution < 1.29 is 9.53 Å². The molecule has 0 spiro atoms. The molecule has 2 aromatic rings. The highest BCUT2D eigenvalue weighted by Crippen LogP contribution is 2.28. The van der Waals surface area contributed by atoms with Crippen molar-refractivity contribution in [1.29, 1.82) is 0 Å². The first kappa shape index (κ1) is 14.9. The minimum atomic E-state index is -0.500. The van der Waals surface area contributed by atoms with E-state index in [4.69, 9.17) is 10.5 Å². The number of anilines is 3. The van der Waals surface area contributed by atoms with E-state index in [0.717, 1.165) is 12.1 Å². The van der Waals surface area contributed by atoms with Crippen LogP contribution in [0.25, 0.3) is 0 Å². The van der Waals surface area contributed by atoms with Crippen LogP contribution in [0.5, 0.6) is 0 Å². The summed E-state index contributed by atoms with van der Waals surface area (Å²) in [5.41, 5.74) is 7.17. The Morgan fingerprint density at radius 3 is 2.67 bits per heavy atom. The number of esters is 1. The molecule has 0 aliphatic rings. The number of hydrogen-bond donors (Lipinski definition) is 2. The molecule has 0 saturated carbocycles. The van der Waals surface area contributed by atoms with Gasteiger partial charge in [-0.15, -0.1) is 0 Å². The third kappa shape index (κ3) is 2.99. The Labute approximate surface area is 123 Å². The number of nitrogens with two attached hydrogens (primary N) is 1. The second-order valence-corrected chi connectivity index (χ2v) is 4.79. The van der Waals surface area contributed by atoms with E-state index < -0.39 is 5.97 Å². The lowest BCUT2D eigenvalue weighted by Crippen LogP contribution is -2.11. The highest BCUT2D eigenvalue weighted by Gasteiger charge is 2.24. The second kappa shape index (κ2) is 6.30. The van der Waals surface area contributed by atoms with Gasteiger partial charge < -0.3 is 15.8 Å². The van der Waals surface area contributed by atoms with E-state index in [2.05, 4.69) is 10.4 Å². The third-order valence-corrected chi connectivity index (χ3v) is 3.38. The first-order valence-electron chi connectivity index (χ1n) is 6.86. The molecule has 3 N–H and O–H groups in total. The van der Waals surface area contributed by atoms with Crippen molar-refractivity contribution >= 4 is 23.3 Å². The Hall–Kier alpha value is -2.50. The lowest BCUT2D eigenvalue weighted by Gasteiger charge is -2.10. The molecule has 1 atom stereocenters. The van der Waals surface area contributed by atoms with Crippen molar-refractivity contribution in [2.75, 3.05) is 18.2 Å². The van der Waals surface area contributed by atoms with Crippen LogP contribution in [0.1, 0.15) is 36.7 Å². The maximum atomic E-state index is 12.0. The zero-order valence-corrected chi connectivity index (χ0v) is 12.5. The molecule has 0 amide bonds. The Kier molecular flexibility index (Phi) is 4.47. The molecule has 0 fully saturated rings. The first-order chi connectivity index (χ1) is 10.1. The van der Waals surface area contributed by atoms with E-state index in [1.165, 1.54) is 7.11 Å². The predicted molar refractivity (Wildman–Crippen MR) is 82.7 cm³/mol. The molecular formula is C15H20N4O2. The SMILES string of the molecule is CCC(C)n1nc(Nc2ccccc2)c(C(=O)OC)c1N. The molecule has 0 bridgehead atoms. The molecule has 21 heavy (non-hydrogen) atoms. The molecule has 0 saturated heterocycles. The molecule has 112 valence electrons. The molecular weight excluding hydrogens is 268 g/mol. The second-order valence-electron chi connectivity index (χ2n) is 4.79. The van der Waals surface area contributed by atoms with Crippen LogP contribution >= 0.6 is 0 Å². The quantitative estimate of drug-likeness (QED) is 0.826. The largest absolute Gasteiger partial charge is 0.465 e. The van der Waals surface area contributed by atoms with Gasteiger partial charge in [0.15, 0.2) is 5.82 Å². The van der Waals surface area contributed by atoms with Gasteiger partial charge in [-0.25, -0.2) is 9.48 Å². The molecule has 6 nitrogen and oxygen atoms in total.